The number of aromatic nitrogens is 3. The fourth-order valence-corrected chi connectivity index (χ4v) is 3.62. The Morgan fingerprint density at radius 1 is 1.36 bits per heavy atom. The molecule has 1 aliphatic carbocycles. The summed E-state index contributed by atoms with van der Waals surface area (Å²) in [6, 6.07) is 1.97. The summed E-state index contributed by atoms with van der Waals surface area (Å²) in [5.41, 5.74) is 3.78. The van der Waals surface area contributed by atoms with Crippen LogP contribution in [0.15, 0.2) is 18.5 Å². The van der Waals surface area contributed by atoms with Crippen LogP contribution in [0.5, 0.6) is 0 Å². The van der Waals surface area contributed by atoms with E-state index in [4.69, 9.17) is 11.6 Å². The quantitative estimate of drug-likeness (QED) is 0.867. The normalized spacial score (nSPS) is 17.1. The van der Waals surface area contributed by atoms with Gasteiger partial charge in [0.05, 0.1) is 18.5 Å². The van der Waals surface area contributed by atoms with Crippen LogP contribution < -0.4 is 0 Å². The molecule has 4 nitrogen and oxygen atoms in total. The van der Waals surface area contributed by atoms with Crippen LogP contribution in [0.3, 0.4) is 0 Å². The molecule has 0 aromatic carbocycles. The second-order valence-electron chi connectivity index (χ2n) is 6.69. The van der Waals surface area contributed by atoms with E-state index in [1.165, 1.54) is 25.7 Å². The number of nitrogens with zero attached hydrogens (tertiary/aromatic N) is 3. The summed E-state index contributed by atoms with van der Waals surface area (Å²) < 4.78 is 2.02. The maximum atomic E-state index is 9.26. The van der Waals surface area contributed by atoms with Gasteiger partial charge in [-0.3, -0.25) is 4.68 Å². The second kappa shape index (κ2) is 6.01. The van der Waals surface area contributed by atoms with Gasteiger partial charge >= 0.3 is 0 Å². The molecule has 22 heavy (non-hydrogen) atoms. The lowest BCUT2D eigenvalue weighted by atomic mass is 9.89. The third kappa shape index (κ3) is 3.03. The molecule has 2 heterocycles. The van der Waals surface area contributed by atoms with Gasteiger partial charge in [0.15, 0.2) is 0 Å². The van der Waals surface area contributed by atoms with Crippen molar-refractivity contribution in [1.82, 2.24) is 14.8 Å². The molecule has 2 aromatic rings. The summed E-state index contributed by atoms with van der Waals surface area (Å²) in [6.45, 7) is 5.13. The Hall–Kier alpha value is -1.39. The van der Waals surface area contributed by atoms with Gasteiger partial charge in [0, 0.05) is 23.9 Å². The van der Waals surface area contributed by atoms with E-state index in [9.17, 15) is 5.11 Å². The first-order valence-electron chi connectivity index (χ1n) is 7.80. The van der Waals surface area contributed by atoms with Gasteiger partial charge in [-0.15, -0.1) is 0 Å². The predicted octanol–water partition coefficient (Wildman–Crippen LogP) is 3.98. The lowest BCUT2D eigenvalue weighted by Crippen LogP contribution is -2.19. The van der Waals surface area contributed by atoms with Crippen molar-refractivity contribution >= 4 is 11.6 Å². The summed E-state index contributed by atoms with van der Waals surface area (Å²) in [5.74, 6) is 0. The van der Waals surface area contributed by atoms with Crippen LogP contribution in [0.25, 0.3) is 11.1 Å². The predicted molar refractivity (Wildman–Crippen MR) is 87.7 cm³/mol. The van der Waals surface area contributed by atoms with Crippen molar-refractivity contribution in [2.45, 2.75) is 52.7 Å². The molecule has 1 fully saturated rings. The van der Waals surface area contributed by atoms with Gasteiger partial charge in [0.1, 0.15) is 5.15 Å². The lowest BCUT2D eigenvalue weighted by molar-refractivity contribution is 0.268. The summed E-state index contributed by atoms with van der Waals surface area (Å²) >= 11 is 6.26. The number of aliphatic hydroxyl groups is 1. The molecule has 0 radical (unpaired) electrons. The molecule has 1 aliphatic rings. The molecule has 0 amide bonds. The summed E-state index contributed by atoms with van der Waals surface area (Å²) in [6.07, 6.45) is 9.08. The molecule has 1 saturated carbocycles. The average molecular weight is 320 g/mol. The van der Waals surface area contributed by atoms with Crippen LogP contribution in [0.2, 0.25) is 5.15 Å². The molecule has 0 unspecified atom stereocenters. The Kier molecular flexibility index (Phi) is 4.24. The summed E-state index contributed by atoms with van der Waals surface area (Å²) in [4.78, 5) is 4.27. The molecule has 0 atom stereocenters. The number of aryl methyl sites for hydroxylation is 1. The van der Waals surface area contributed by atoms with Crippen LogP contribution in [-0.4, -0.2) is 19.9 Å². The van der Waals surface area contributed by atoms with Crippen LogP contribution in [0.4, 0.5) is 0 Å². The first kappa shape index (κ1) is 15.5. The fourth-order valence-electron chi connectivity index (χ4n) is 3.36. The Morgan fingerprint density at radius 3 is 2.77 bits per heavy atom. The van der Waals surface area contributed by atoms with E-state index in [0.29, 0.717) is 16.3 Å². The number of hydrogen-bond donors (Lipinski definition) is 1. The zero-order valence-electron chi connectivity index (χ0n) is 13.1. The molecule has 1 N–H and O–H groups in total. The molecule has 0 spiro atoms. The third-order valence-electron chi connectivity index (χ3n) is 4.72. The molecular formula is C17H22ClN3O. The Bertz CT molecular complexity index is 675. The minimum Gasteiger partial charge on any atom is -0.390 e. The van der Waals surface area contributed by atoms with Crippen molar-refractivity contribution in [3.8, 4) is 11.1 Å². The molecule has 0 aliphatic heterocycles. The van der Waals surface area contributed by atoms with Crippen molar-refractivity contribution in [3.63, 3.8) is 0 Å². The van der Waals surface area contributed by atoms with E-state index in [1.54, 1.807) is 0 Å². The highest BCUT2D eigenvalue weighted by molar-refractivity contribution is 6.32. The summed E-state index contributed by atoms with van der Waals surface area (Å²) in [7, 11) is 0. The SMILES string of the molecule is Cc1cc(-c2cnn(CC3(C)CCCC3)c2)c(Cl)nc1CO. The highest BCUT2D eigenvalue weighted by Gasteiger charge is 2.29. The van der Waals surface area contributed by atoms with Crippen LogP contribution in [0.1, 0.15) is 43.9 Å². The minimum atomic E-state index is -0.0938. The lowest BCUT2D eigenvalue weighted by Gasteiger charge is -2.22. The largest absolute Gasteiger partial charge is 0.390 e. The van der Waals surface area contributed by atoms with Crippen LogP contribution in [0, 0.1) is 12.3 Å². The monoisotopic (exact) mass is 319 g/mol. The maximum Gasteiger partial charge on any atom is 0.137 e. The van der Waals surface area contributed by atoms with E-state index >= 15 is 0 Å². The number of pyridine rings is 1. The number of aliphatic hydroxyl groups excluding tert-OH is 1. The van der Waals surface area contributed by atoms with Crippen molar-refractivity contribution < 1.29 is 5.11 Å². The highest BCUT2D eigenvalue weighted by atomic mass is 35.5. The zero-order chi connectivity index (χ0) is 15.7. The van der Waals surface area contributed by atoms with Crippen molar-refractivity contribution in [2.75, 3.05) is 0 Å². The average Bonchev–Trinajstić information content (AvgIpc) is 3.10. The van der Waals surface area contributed by atoms with Gasteiger partial charge in [-0.2, -0.15) is 5.10 Å². The van der Waals surface area contributed by atoms with Crippen molar-refractivity contribution in [3.05, 3.63) is 34.9 Å². The zero-order valence-corrected chi connectivity index (χ0v) is 13.9. The highest BCUT2D eigenvalue weighted by Crippen LogP contribution is 2.39. The van der Waals surface area contributed by atoms with Gasteiger partial charge in [-0.25, -0.2) is 4.98 Å². The molecular weight excluding hydrogens is 298 g/mol. The Labute approximate surface area is 136 Å². The van der Waals surface area contributed by atoms with E-state index in [0.717, 1.165) is 23.2 Å². The van der Waals surface area contributed by atoms with Gasteiger partial charge in [-0.1, -0.05) is 31.4 Å². The number of halogens is 1. The molecule has 0 bridgehead atoms. The van der Waals surface area contributed by atoms with Crippen LogP contribution >= 0.6 is 11.6 Å². The number of rotatable bonds is 4. The van der Waals surface area contributed by atoms with Crippen molar-refractivity contribution in [2.24, 2.45) is 5.41 Å². The van der Waals surface area contributed by atoms with Gasteiger partial charge in [0.2, 0.25) is 0 Å². The molecule has 3 rings (SSSR count). The summed E-state index contributed by atoms with van der Waals surface area (Å²) in [5, 5.41) is 14.2. The maximum absolute atomic E-state index is 9.26. The smallest absolute Gasteiger partial charge is 0.137 e. The Balaban J connectivity index is 1.86. The van der Waals surface area contributed by atoms with E-state index in [2.05, 4.69) is 17.0 Å². The Morgan fingerprint density at radius 2 is 2.09 bits per heavy atom. The van der Waals surface area contributed by atoms with Gasteiger partial charge in [0.25, 0.3) is 0 Å². The fraction of sp³-hybridized carbons (Fsp3) is 0.529. The number of hydrogen-bond acceptors (Lipinski definition) is 3. The van der Waals surface area contributed by atoms with Gasteiger partial charge < -0.3 is 5.11 Å². The van der Waals surface area contributed by atoms with E-state index < -0.39 is 0 Å². The third-order valence-corrected chi connectivity index (χ3v) is 5.01. The first-order valence-corrected chi connectivity index (χ1v) is 8.18. The first-order chi connectivity index (χ1) is 10.5. The molecule has 5 heteroatoms. The van der Waals surface area contributed by atoms with Gasteiger partial charge in [-0.05, 0) is 36.8 Å². The topological polar surface area (TPSA) is 50.9 Å². The molecule has 0 saturated heterocycles. The molecule has 2 aromatic heterocycles. The molecule has 118 valence electrons. The van der Waals surface area contributed by atoms with E-state index in [1.807, 2.05) is 30.1 Å². The standard InChI is InChI=1S/C17H22ClN3O/c1-12-7-14(16(18)20-15(12)10-22)13-8-19-21(9-13)11-17(2)5-3-4-6-17/h7-9,22H,3-6,10-11H2,1-2H3. The minimum absolute atomic E-state index is 0.0938. The van der Waals surface area contributed by atoms with Crippen LogP contribution in [-0.2, 0) is 13.2 Å². The second-order valence-corrected chi connectivity index (χ2v) is 7.05. The van der Waals surface area contributed by atoms with Crippen molar-refractivity contribution in [1.29, 1.82) is 0 Å². The van der Waals surface area contributed by atoms with E-state index in [-0.39, 0.29) is 6.61 Å².